The second-order valence-corrected chi connectivity index (χ2v) is 6.04. The van der Waals surface area contributed by atoms with Crippen LogP contribution < -0.4 is 11.1 Å². The zero-order chi connectivity index (χ0) is 13.0. The molecule has 1 aromatic rings. The summed E-state index contributed by atoms with van der Waals surface area (Å²) >= 11 is 1.60. The summed E-state index contributed by atoms with van der Waals surface area (Å²) < 4.78 is 0. The van der Waals surface area contributed by atoms with Gasteiger partial charge in [0.15, 0.2) is 0 Å². The summed E-state index contributed by atoms with van der Waals surface area (Å²) in [5.41, 5.74) is 5.82. The minimum atomic E-state index is -0.432. The molecule has 1 rings (SSSR count). The van der Waals surface area contributed by atoms with Gasteiger partial charge in [0.2, 0.25) is 5.91 Å². The predicted octanol–water partition coefficient (Wildman–Crippen LogP) is 2.00. The first kappa shape index (κ1) is 14.1. The molecule has 1 aromatic heterocycles. The molecule has 0 saturated carbocycles. The van der Waals surface area contributed by atoms with Gasteiger partial charge in [-0.2, -0.15) is 0 Å². The summed E-state index contributed by atoms with van der Waals surface area (Å²) in [5.74, 6) is 0.326. The van der Waals surface area contributed by atoms with Gasteiger partial charge in [-0.05, 0) is 26.2 Å². The van der Waals surface area contributed by atoms with Gasteiger partial charge in [-0.15, -0.1) is 11.3 Å². The molecule has 0 fully saturated rings. The Morgan fingerprint density at radius 3 is 2.65 bits per heavy atom. The maximum Gasteiger partial charge on any atom is 0.237 e. The van der Waals surface area contributed by atoms with Gasteiger partial charge in [-0.1, -0.05) is 13.8 Å². The Balaban J connectivity index is 2.51. The summed E-state index contributed by atoms with van der Waals surface area (Å²) in [5, 5.41) is 3.82. The smallest absolute Gasteiger partial charge is 0.237 e. The fourth-order valence-corrected chi connectivity index (χ4v) is 2.35. The first-order chi connectivity index (χ1) is 7.90. The number of carbonyl (C=O) groups excluding carboxylic acids is 1. The van der Waals surface area contributed by atoms with E-state index in [0.717, 1.165) is 9.88 Å². The highest BCUT2D eigenvalue weighted by atomic mass is 32.1. The van der Waals surface area contributed by atoms with Crippen LogP contribution in [-0.2, 0) is 4.79 Å². The van der Waals surface area contributed by atoms with Crippen LogP contribution >= 0.6 is 11.3 Å². The Labute approximate surface area is 107 Å². The van der Waals surface area contributed by atoms with Crippen molar-refractivity contribution < 1.29 is 4.79 Å². The minimum absolute atomic E-state index is 0.0700. The lowest BCUT2D eigenvalue weighted by atomic mass is 10.0. The van der Waals surface area contributed by atoms with Gasteiger partial charge >= 0.3 is 0 Å². The number of nitrogens with zero attached hydrogens (tertiary/aromatic N) is 1. The number of aryl methyl sites for hydroxylation is 1. The van der Waals surface area contributed by atoms with E-state index in [2.05, 4.69) is 24.1 Å². The van der Waals surface area contributed by atoms with E-state index >= 15 is 0 Å². The Morgan fingerprint density at radius 2 is 2.18 bits per heavy atom. The largest absolute Gasteiger partial charge is 0.346 e. The lowest BCUT2D eigenvalue weighted by Gasteiger charge is -2.17. The van der Waals surface area contributed by atoms with E-state index in [0.29, 0.717) is 12.3 Å². The van der Waals surface area contributed by atoms with Gasteiger partial charge in [0.25, 0.3) is 0 Å². The van der Waals surface area contributed by atoms with Crippen molar-refractivity contribution in [2.75, 3.05) is 0 Å². The third-order valence-electron chi connectivity index (χ3n) is 2.43. The Hall–Kier alpha value is -0.940. The molecule has 0 aliphatic carbocycles. The lowest BCUT2D eigenvalue weighted by Crippen LogP contribution is -2.42. The number of hydrogen-bond acceptors (Lipinski definition) is 4. The Morgan fingerprint density at radius 1 is 1.53 bits per heavy atom. The highest BCUT2D eigenvalue weighted by Crippen LogP contribution is 2.19. The van der Waals surface area contributed by atoms with Gasteiger partial charge in [0, 0.05) is 11.1 Å². The molecule has 3 N–H and O–H groups in total. The van der Waals surface area contributed by atoms with Gasteiger partial charge in [-0.25, -0.2) is 4.98 Å². The third-order valence-corrected chi connectivity index (χ3v) is 3.53. The summed E-state index contributed by atoms with van der Waals surface area (Å²) in [7, 11) is 0. The van der Waals surface area contributed by atoms with Crippen LogP contribution in [0.5, 0.6) is 0 Å². The molecule has 5 heteroatoms. The Bertz CT molecular complexity index is 376. The zero-order valence-corrected chi connectivity index (χ0v) is 11.7. The van der Waals surface area contributed by atoms with Gasteiger partial charge in [0.1, 0.15) is 5.01 Å². The number of thiazole rings is 1. The molecule has 4 nitrogen and oxygen atoms in total. The molecule has 0 radical (unpaired) electrons. The number of nitrogens with two attached hydrogens (primary N) is 1. The number of aromatic nitrogens is 1. The summed E-state index contributed by atoms with van der Waals surface area (Å²) in [4.78, 5) is 17.2. The molecular weight excluding hydrogens is 234 g/mol. The van der Waals surface area contributed by atoms with Crippen molar-refractivity contribution in [3.8, 4) is 0 Å². The van der Waals surface area contributed by atoms with E-state index in [9.17, 15) is 4.79 Å². The fourth-order valence-electron chi connectivity index (χ4n) is 1.57. The second-order valence-electron chi connectivity index (χ2n) is 4.78. The molecule has 1 unspecified atom stereocenters. The van der Waals surface area contributed by atoms with Crippen LogP contribution in [0, 0.1) is 12.8 Å². The van der Waals surface area contributed by atoms with Gasteiger partial charge in [-0.3, -0.25) is 4.79 Å². The van der Waals surface area contributed by atoms with Crippen molar-refractivity contribution >= 4 is 17.2 Å². The predicted molar refractivity (Wildman–Crippen MR) is 70.8 cm³/mol. The van der Waals surface area contributed by atoms with Crippen LogP contribution in [0.2, 0.25) is 0 Å². The molecule has 0 aliphatic rings. The molecule has 1 amide bonds. The number of rotatable bonds is 5. The molecular formula is C12H21N3OS. The molecule has 0 spiro atoms. The number of amides is 1. The molecule has 0 aliphatic heterocycles. The van der Waals surface area contributed by atoms with Crippen LogP contribution in [0.1, 0.15) is 43.1 Å². The maximum atomic E-state index is 11.8. The average molecular weight is 255 g/mol. The SMILES string of the molecule is Cc1cnc(C(C)NC(=O)[C@H](N)CC(C)C)s1. The maximum absolute atomic E-state index is 11.8. The van der Waals surface area contributed by atoms with Crippen LogP contribution in [0.15, 0.2) is 6.20 Å². The van der Waals surface area contributed by atoms with E-state index in [1.807, 2.05) is 20.0 Å². The van der Waals surface area contributed by atoms with Crippen molar-refractivity contribution in [2.24, 2.45) is 11.7 Å². The summed E-state index contributed by atoms with van der Waals surface area (Å²) in [6.45, 7) is 8.04. The van der Waals surface area contributed by atoms with E-state index < -0.39 is 6.04 Å². The Kier molecular flexibility index (Phi) is 5.08. The highest BCUT2D eigenvalue weighted by Gasteiger charge is 2.18. The van der Waals surface area contributed by atoms with Crippen molar-refractivity contribution in [2.45, 2.75) is 46.2 Å². The van der Waals surface area contributed by atoms with Crippen LogP contribution in [0.25, 0.3) is 0 Å². The molecule has 0 bridgehead atoms. The summed E-state index contributed by atoms with van der Waals surface area (Å²) in [6, 6.07) is -0.502. The zero-order valence-electron chi connectivity index (χ0n) is 10.9. The molecule has 0 aromatic carbocycles. The van der Waals surface area contributed by atoms with E-state index in [1.165, 1.54) is 0 Å². The van der Waals surface area contributed by atoms with Crippen LogP contribution in [-0.4, -0.2) is 16.9 Å². The number of carbonyl (C=O) groups is 1. The van der Waals surface area contributed by atoms with E-state index in [1.54, 1.807) is 11.3 Å². The normalized spacial score (nSPS) is 14.7. The number of hydrogen-bond donors (Lipinski definition) is 2. The summed E-state index contributed by atoms with van der Waals surface area (Å²) in [6.07, 6.45) is 2.52. The van der Waals surface area contributed by atoms with E-state index in [-0.39, 0.29) is 11.9 Å². The average Bonchev–Trinajstić information content (AvgIpc) is 2.63. The molecule has 17 heavy (non-hydrogen) atoms. The standard InChI is InChI=1S/C12H21N3OS/c1-7(2)5-10(13)11(16)15-9(4)12-14-6-8(3)17-12/h6-7,9-10H,5,13H2,1-4H3,(H,15,16)/t9?,10-/m1/s1. The first-order valence-corrected chi connectivity index (χ1v) is 6.70. The number of nitrogens with one attached hydrogen (secondary N) is 1. The van der Waals surface area contributed by atoms with Gasteiger partial charge < -0.3 is 11.1 Å². The fraction of sp³-hybridized carbons (Fsp3) is 0.667. The lowest BCUT2D eigenvalue weighted by molar-refractivity contribution is -0.123. The molecule has 2 atom stereocenters. The van der Waals surface area contributed by atoms with Crippen LogP contribution in [0.4, 0.5) is 0 Å². The molecule has 0 saturated heterocycles. The van der Waals surface area contributed by atoms with Crippen molar-refractivity contribution in [1.29, 1.82) is 0 Å². The quantitative estimate of drug-likeness (QED) is 0.845. The van der Waals surface area contributed by atoms with E-state index in [4.69, 9.17) is 5.73 Å². The first-order valence-electron chi connectivity index (χ1n) is 5.88. The van der Waals surface area contributed by atoms with Crippen LogP contribution in [0.3, 0.4) is 0 Å². The van der Waals surface area contributed by atoms with Crippen molar-refractivity contribution in [3.05, 3.63) is 16.1 Å². The van der Waals surface area contributed by atoms with Crippen molar-refractivity contribution in [1.82, 2.24) is 10.3 Å². The van der Waals surface area contributed by atoms with Crippen molar-refractivity contribution in [3.63, 3.8) is 0 Å². The monoisotopic (exact) mass is 255 g/mol. The highest BCUT2D eigenvalue weighted by molar-refractivity contribution is 7.11. The molecule has 96 valence electrons. The minimum Gasteiger partial charge on any atom is -0.346 e. The topological polar surface area (TPSA) is 68.0 Å². The third kappa shape index (κ3) is 4.44. The van der Waals surface area contributed by atoms with Gasteiger partial charge in [0.05, 0.1) is 12.1 Å². The second kappa shape index (κ2) is 6.12. The molecule has 1 heterocycles.